The molecule has 1 aliphatic carbocycles. The van der Waals surface area contributed by atoms with Crippen LogP contribution in [0.15, 0.2) is 0 Å². The molecule has 0 heterocycles. The molecule has 0 spiro atoms. The van der Waals surface area contributed by atoms with Crippen LogP contribution in [-0.2, 0) is 4.74 Å². The summed E-state index contributed by atoms with van der Waals surface area (Å²) in [5, 5.41) is 3.23. The van der Waals surface area contributed by atoms with Crippen molar-refractivity contribution in [2.75, 3.05) is 6.61 Å². The average Bonchev–Trinajstić information content (AvgIpc) is 2.82. The summed E-state index contributed by atoms with van der Waals surface area (Å²) in [7, 11) is 0. The number of nitrogens with one attached hydrogen (secondary N) is 1. The number of amides is 1. The monoisotopic (exact) mass is 536 g/mol. The molecule has 1 aliphatic rings. The fourth-order valence-corrected chi connectivity index (χ4v) is 7.15. The molecular weight excluding hydrogens is 466 g/mol. The van der Waals surface area contributed by atoms with Gasteiger partial charge >= 0.3 is 6.09 Å². The molecule has 1 atom stereocenters. The van der Waals surface area contributed by atoms with Gasteiger partial charge in [-0.15, -0.1) is 0 Å². The first kappa shape index (κ1) is 35.3. The molecule has 0 aromatic rings. The summed E-state index contributed by atoms with van der Waals surface area (Å²) in [6, 6.07) is 0.231. The van der Waals surface area contributed by atoms with Gasteiger partial charge in [0.15, 0.2) is 0 Å². The van der Waals surface area contributed by atoms with Crippen molar-refractivity contribution in [2.45, 2.75) is 195 Å². The average molecular weight is 536 g/mol. The van der Waals surface area contributed by atoms with E-state index in [0.29, 0.717) is 12.5 Å². The molecule has 1 amide bonds. The fourth-order valence-electron chi connectivity index (χ4n) is 7.15. The van der Waals surface area contributed by atoms with Crippen LogP contribution in [-0.4, -0.2) is 18.7 Å². The lowest BCUT2D eigenvalue weighted by molar-refractivity contribution is 0.0727. The van der Waals surface area contributed by atoms with Gasteiger partial charge < -0.3 is 10.1 Å². The van der Waals surface area contributed by atoms with E-state index in [0.717, 1.165) is 12.8 Å². The van der Waals surface area contributed by atoms with Crippen LogP contribution >= 0.6 is 0 Å². The maximum Gasteiger partial charge on any atom is 0.407 e. The van der Waals surface area contributed by atoms with Gasteiger partial charge in [-0.2, -0.15) is 0 Å². The van der Waals surface area contributed by atoms with Crippen LogP contribution in [0.5, 0.6) is 0 Å². The van der Waals surface area contributed by atoms with Crippen LogP contribution in [0.4, 0.5) is 4.79 Å². The van der Waals surface area contributed by atoms with Crippen molar-refractivity contribution in [3.8, 4) is 0 Å². The number of rotatable bonds is 23. The second-order valence-corrected chi connectivity index (χ2v) is 14.5. The highest BCUT2D eigenvalue weighted by Crippen LogP contribution is 2.45. The Labute approximate surface area is 239 Å². The van der Waals surface area contributed by atoms with Gasteiger partial charge in [0, 0.05) is 6.04 Å². The van der Waals surface area contributed by atoms with Crippen molar-refractivity contribution >= 4 is 6.09 Å². The predicted molar refractivity (Wildman–Crippen MR) is 167 cm³/mol. The highest BCUT2D eigenvalue weighted by molar-refractivity contribution is 5.67. The first-order chi connectivity index (χ1) is 18.2. The molecule has 1 unspecified atom stereocenters. The van der Waals surface area contributed by atoms with E-state index in [1.54, 1.807) is 0 Å². The minimum Gasteiger partial charge on any atom is -0.449 e. The Morgan fingerprint density at radius 1 is 0.658 bits per heavy atom. The van der Waals surface area contributed by atoms with Crippen molar-refractivity contribution in [1.82, 2.24) is 5.32 Å². The molecular formula is C35H69NO2. The summed E-state index contributed by atoms with van der Waals surface area (Å²) >= 11 is 0. The lowest BCUT2D eigenvalue weighted by Crippen LogP contribution is -2.46. The lowest BCUT2D eigenvalue weighted by atomic mass is 9.63. The van der Waals surface area contributed by atoms with E-state index in [4.69, 9.17) is 4.74 Å². The summed E-state index contributed by atoms with van der Waals surface area (Å²) in [5.74, 6) is 0.522. The third kappa shape index (κ3) is 19.3. The standard InChI is InChI=1S/C35H69NO2/c1-7-9-11-13-15-17-18-20-22-24-26-31(25-23-21-19-16-14-12-10-8-2)29-38-33(37)36-32-27-34(3,4)30-35(5,6)28-32/h31-32H,7-30H2,1-6H3,(H,36,37). The van der Waals surface area contributed by atoms with E-state index < -0.39 is 0 Å². The first-order valence-corrected chi connectivity index (χ1v) is 17.1. The number of unbranched alkanes of at least 4 members (excludes halogenated alkanes) is 16. The smallest absolute Gasteiger partial charge is 0.407 e. The third-order valence-corrected chi connectivity index (χ3v) is 8.76. The van der Waals surface area contributed by atoms with Crippen molar-refractivity contribution in [1.29, 1.82) is 0 Å². The molecule has 3 heteroatoms. The maximum absolute atomic E-state index is 12.7. The van der Waals surface area contributed by atoms with Gasteiger partial charge in [-0.1, -0.05) is 157 Å². The zero-order chi connectivity index (χ0) is 28.1. The Kier molecular flexibility index (Phi) is 19.6. The molecule has 1 rings (SSSR count). The van der Waals surface area contributed by atoms with Crippen molar-refractivity contribution in [3.05, 3.63) is 0 Å². The molecule has 0 aromatic heterocycles. The van der Waals surface area contributed by atoms with E-state index in [-0.39, 0.29) is 23.0 Å². The zero-order valence-electron chi connectivity index (χ0n) is 26.9. The quantitative estimate of drug-likeness (QED) is 0.132. The second kappa shape index (κ2) is 21.1. The Bertz CT molecular complexity index is 554. The van der Waals surface area contributed by atoms with E-state index in [9.17, 15) is 4.79 Å². The van der Waals surface area contributed by atoms with E-state index in [2.05, 4.69) is 46.9 Å². The Morgan fingerprint density at radius 2 is 1.03 bits per heavy atom. The lowest BCUT2D eigenvalue weighted by Gasteiger charge is -2.44. The summed E-state index contributed by atoms with van der Waals surface area (Å²) in [4.78, 5) is 12.7. The van der Waals surface area contributed by atoms with E-state index >= 15 is 0 Å². The molecule has 1 saturated carbocycles. The fraction of sp³-hybridized carbons (Fsp3) is 0.971. The topological polar surface area (TPSA) is 38.3 Å². The van der Waals surface area contributed by atoms with E-state index in [1.165, 1.54) is 135 Å². The molecule has 0 aromatic carbocycles. The highest BCUT2D eigenvalue weighted by Gasteiger charge is 2.39. The normalized spacial score (nSPS) is 17.8. The highest BCUT2D eigenvalue weighted by atomic mass is 16.5. The zero-order valence-corrected chi connectivity index (χ0v) is 26.9. The minimum absolute atomic E-state index is 0.188. The summed E-state index contributed by atoms with van der Waals surface area (Å²) in [5.41, 5.74) is 0.544. The summed E-state index contributed by atoms with van der Waals surface area (Å²) < 4.78 is 5.86. The molecule has 38 heavy (non-hydrogen) atoms. The van der Waals surface area contributed by atoms with Crippen LogP contribution in [0, 0.1) is 16.7 Å². The second-order valence-electron chi connectivity index (χ2n) is 14.5. The number of alkyl carbamates (subject to hydrolysis) is 1. The maximum atomic E-state index is 12.7. The van der Waals surface area contributed by atoms with Gasteiger partial charge in [-0.3, -0.25) is 0 Å². The Hall–Kier alpha value is -0.730. The predicted octanol–water partition coefficient (Wildman–Crippen LogP) is 11.8. The Balaban J connectivity index is 2.34. The molecule has 3 nitrogen and oxygen atoms in total. The summed E-state index contributed by atoms with van der Waals surface area (Å²) in [6.07, 6.45) is 30.2. The molecule has 0 bridgehead atoms. The first-order valence-electron chi connectivity index (χ1n) is 17.1. The molecule has 0 aliphatic heterocycles. The van der Waals surface area contributed by atoms with Crippen LogP contribution < -0.4 is 5.32 Å². The molecule has 0 saturated heterocycles. The number of ether oxygens (including phenoxy) is 1. The van der Waals surface area contributed by atoms with Crippen molar-refractivity contribution < 1.29 is 9.53 Å². The van der Waals surface area contributed by atoms with Gasteiger partial charge in [0.1, 0.15) is 0 Å². The molecule has 1 fully saturated rings. The van der Waals surface area contributed by atoms with Crippen molar-refractivity contribution in [3.63, 3.8) is 0 Å². The molecule has 1 N–H and O–H groups in total. The van der Waals surface area contributed by atoms with Gasteiger partial charge in [0.25, 0.3) is 0 Å². The van der Waals surface area contributed by atoms with Crippen LogP contribution in [0.2, 0.25) is 0 Å². The van der Waals surface area contributed by atoms with Crippen LogP contribution in [0.1, 0.15) is 189 Å². The van der Waals surface area contributed by atoms with Gasteiger partial charge in [-0.25, -0.2) is 4.79 Å². The van der Waals surface area contributed by atoms with Gasteiger partial charge in [0.05, 0.1) is 6.61 Å². The number of carbonyl (C=O) groups excluding carboxylic acids is 1. The Morgan fingerprint density at radius 3 is 1.42 bits per heavy atom. The van der Waals surface area contributed by atoms with Gasteiger partial charge in [0.2, 0.25) is 0 Å². The van der Waals surface area contributed by atoms with E-state index in [1.807, 2.05) is 0 Å². The van der Waals surface area contributed by atoms with Crippen LogP contribution in [0.3, 0.4) is 0 Å². The molecule has 226 valence electrons. The molecule has 0 radical (unpaired) electrons. The largest absolute Gasteiger partial charge is 0.449 e. The SMILES string of the molecule is CCCCCCCCCCCCC(CCCCCCCCCC)COC(=O)NC1CC(C)(C)CC(C)(C)C1. The van der Waals surface area contributed by atoms with Crippen LogP contribution in [0.25, 0.3) is 0 Å². The minimum atomic E-state index is -0.188. The third-order valence-electron chi connectivity index (χ3n) is 8.76. The number of carbonyl (C=O) groups is 1. The number of hydrogen-bond donors (Lipinski definition) is 1. The van der Waals surface area contributed by atoms with Gasteiger partial charge in [-0.05, 0) is 48.9 Å². The van der Waals surface area contributed by atoms with Crippen molar-refractivity contribution in [2.24, 2.45) is 16.7 Å². The number of hydrogen-bond acceptors (Lipinski definition) is 2. The summed E-state index contributed by atoms with van der Waals surface area (Å²) in [6.45, 7) is 14.5.